The van der Waals surface area contributed by atoms with Crippen LogP contribution in [0.1, 0.15) is 50.4 Å². The third kappa shape index (κ3) is 12.1. The second-order valence-corrected chi connectivity index (χ2v) is 16.8. The van der Waals surface area contributed by atoms with Crippen molar-refractivity contribution < 1.29 is 50.1 Å². The van der Waals surface area contributed by atoms with Gasteiger partial charge in [-0.1, -0.05) is 60.7 Å². The topological polar surface area (TPSA) is 89.1 Å². The van der Waals surface area contributed by atoms with Crippen LogP contribution in [0.4, 0.5) is 42.5 Å². The van der Waals surface area contributed by atoms with Gasteiger partial charge < -0.3 is 24.8 Å². The zero-order valence-electron chi connectivity index (χ0n) is 34.4. The van der Waals surface area contributed by atoms with Crippen molar-refractivity contribution in [2.45, 2.75) is 58.2 Å². The van der Waals surface area contributed by atoms with Gasteiger partial charge in [-0.15, -0.1) is 35.1 Å². The lowest BCUT2D eigenvalue weighted by molar-refractivity contribution is -0.143. The summed E-state index contributed by atoms with van der Waals surface area (Å²) >= 11 is 1.43. The van der Waals surface area contributed by atoms with Crippen LogP contribution in [0.3, 0.4) is 0 Å². The molecule has 338 valence electrons. The fourth-order valence-corrected chi connectivity index (χ4v) is 9.15. The third-order valence-electron chi connectivity index (χ3n) is 10.1. The van der Waals surface area contributed by atoms with Crippen molar-refractivity contribution in [1.29, 1.82) is 0 Å². The van der Waals surface area contributed by atoms with Gasteiger partial charge in [0.2, 0.25) is 0 Å². The first-order valence-electron chi connectivity index (χ1n) is 20.2. The van der Waals surface area contributed by atoms with Crippen molar-refractivity contribution in [2.75, 3.05) is 36.5 Å². The molecule has 8 nitrogen and oxygen atoms in total. The second kappa shape index (κ2) is 21.3. The Morgan fingerprint density at radius 1 is 0.719 bits per heavy atom. The minimum Gasteiger partial charge on any atom is -0.488 e. The van der Waals surface area contributed by atoms with Gasteiger partial charge in [0.25, 0.3) is 0 Å². The van der Waals surface area contributed by atoms with E-state index in [1.165, 1.54) is 11.6 Å². The monoisotopic (exact) mass is 943 g/mol. The average molecular weight is 944 g/mol. The molecule has 8 rings (SSSR count). The van der Waals surface area contributed by atoms with Crippen LogP contribution in [0, 0.1) is 0 Å². The maximum atomic E-state index is 13.6. The van der Waals surface area contributed by atoms with E-state index < -0.39 is 22.1 Å². The van der Waals surface area contributed by atoms with Crippen LogP contribution in [-0.2, 0) is 47.9 Å². The number of carbonyl (C=O) groups is 2. The van der Waals surface area contributed by atoms with E-state index in [-0.39, 0.29) is 55.2 Å². The van der Waals surface area contributed by atoms with Gasteiger partial charge in [0.1, 0.15) is 34.5 Å². The number of halogens is 7. The predicted molar refractivity (Wildman–Crippen MR) is 241 cm³/mol. The average Bonchev–Trinajstić information content (AvgIpc) is 4.10. The summed E-state index contributed by atoms with van der Waals surface area (Å²) in [5.74, 6) is 0.915. The Labute approximate surface area is 380 Å². The molecule has 17 heteroatoms. The molecule has 0 saturated heterocycles. The quantitative estimate of drug-likeness (QED) is 0.0681. The lowest BCUT2D eigenvalue weighted by Gasteiger charge is -2.18. The molecule has 4 heterocycles. The summed E-state index contributed by atoms with van der Waals surface area (Å²) < 4.78 is 97.6. The standard InChI is InChI=1S/C27H27F3N2O4S.C20H16F3NOS.ClH/c1-2-35-24(33)9-6-13-31-26(34)32-14-12-19-15-20(10-11-23(19)32)36-17-21-16-22(18-7-4-3-5-8-18)25(37-21)27(28,29)30;21-20(22,23)19-17(13-4-2-1-3-5-13)11-16(26-19)12-25-15-6-7-18-14(10-15)8-9-24-18;/h3-5,7-8,10-11,15-16H,2,6,9,12-14,17H2,1H3,(H,31,34);1-7,10-11,24H,8-9,12H2;1H. The van der Waals surface area contributed by atoms with Crippen LogP contribution < -0.4 is 25.0 Å². The van der Waals surface area contributed by atoms with Crippen LogP contribution in [0.15, 0.2) is 109 Å². The van der Waals surface area contributed by atoms with Gasteiger partial charge in [-0.3, -0.25) is 9.69 Å². The maximum absolute atomic E-state index is 13.6. The summed E-state index contributed by atoms with van der Waals surface area (Å²) in [5.41, 5.74) is 5.38. The van der Waals surface area contributed by atoms with Crippen LogP contribution >= 0.6 is 35.1 Å². The molecule has 2 aromatic heterocycles. The van der Waals surface area contributed by atoms with Crippen LogP contribution in [0.25, 0.3) is 22.3 Å². The van der Waals surface area contributed by atoms with E-state index in [0.29, 0.717) is 76.3 Å². The third-order valence-corrected chi connectivity index (χ3v) is 12.4. The highest BCUT2D eigenvalue weighted by atomic mass is 35.5. The molecule has 0 bridgehead atoms. The first-order valence-corrected chi connectivity index (χ1v) is 21.9. The Morgan fingerprint density at radius 3 is 1.81 bits per heavy atom. The fourth-order valence-electron chi connectivity index (χ4n) is 7.23. The number of esters is 1. The number of benzene rings is 4. The highest BCUT2D eigenvalue weighted by molar-refractivity contribution is 7.13. The number of thiophene rings is 2. The molecule has 2 aliphatic heterocycles. The minimum absolute atomic E-state index is 0. The van der Waals surface area contributed by atoms with Crippen molar-refractivity contribution >= 4 is 58.5 Å². The first kappa shape index (κ1) is 47.8. The molecule has 0 unspecified atom stereocenters. The number of urea groups is 1. The summed E-state index contributed by atoms with van der Waals surface area (Å²) in [6.07, 6.45) is -6.53. The largest absolute Gasteiger partial charge is 0.488 e. The molecule has 0 spiro atoms. The number of hydrogen-bond donors (Lipinski definition) is 2. The molecule has 6 aromatic rings. The molecular weight excluding hydrogens is 900 g/mol. The van der Waals surface area contributed by atoms with Gasteiger partial charge in [-0.2, -0.15) is 26.3 Å². The summed E-state index contributed by atoms with van der Waals surface area (Å²) in [4.78, 5) is 25.4. The van der Waals surface area contributed by atoms with Gasteiger partial charge in [0, 0.05) is 58.3 Å². The molecule has 0 radical (unpaired) electrons. The molecule has 0 aliphatic carbocycles. The predicted octanol–water partition coefficient (Wildman–Crippen LogP) is 12.8. The number of anilines is 2. The van der Waals surface area contributed by atoms with Gasteiger partial charge >= 0.3 is 24.4 Å². The number of nitrogens with one attached hydrogen (secondary N) is 2. The van der Waals surface area contributed by atoms with E-state index in [2.05, 4.69) is 10.6 Å². The van der Waals surface area contributed by atoms with Crippen molar-refractivity contribution in [3.8, 4) is 33.8 Å². The molecule has 0 saturated carbocycles. The highest BCUT2D eigenvalue weighted by Crippen LogP contribution is 2.44. The molecule has 2 N–H and O–H groups in total. The van der Waals surface area contributed by atoms with E-state index in [1.54, 1.807) is 90.7 Å². The minimum atomic E-state index is -4.45. The number of fused-ring (bicyclic) bond motifs is 2. The molecule has 0 atom stereocenters. The van der Waals surface area contributed by atoms with E-state index in [1.807, 2.05) is 24.3 Å². The van der Waals surface area contributed by atoms with Gasteiger partial charge in [-0.05, 0) is 97.0 Å². The Bertz CT molecular complexity index is 2510. The number of nitrogens with zero attached hydrogens (tertiary/aromatic N) is 1. The molecule has 2 aliphatic rings. The first-order chi connectivity index (χ1) is 30.3. The lowest BCUT2D eigenvalue weighted by atomic mass is 10.1. The lowest BCUT2D eigenvalue weighted by Crippen LogP contribution is -2.39. The van der Waals surface area contributed by atoms with Crippen molar-refractivity contribution in [1.82, 2.24) is 5.32 Å². The number of rotatable bonds is 13. The summed E-state index contributed by atoms with van der Waals surface area (Å²) in [6.45, 7) is 3.96. The molecular formula is C47H44ClF6N3O5S2. The maximum Gasteiger partial charge on any atom is 0.426 e. The summed E-state index contributed by atoms with van der Waals surface area (Å²) in [7, 11) is 0. The normalized spacial score (nSPS) is 12.8. The smallest absolute Gasteiger partial charge is 0.426 e. The van der Waals surface area contributed by atoms with Crippen LogP contribution in [0.5, 0.6) is 11.5 Å². The molecule has 64 heavy (non-hydrogen) atoms. The van der Waals surface area contributed by atoms with Gasteiger partial charge in [0.15, 0.2) is 0 Å². The van der Waals surface area contributed by atoms with Crippen LogP contribution in [-0.4, -0.2) is 38.2 Å². The fraction of sp³-hybridized carbons (Fsp3) is 0.277. The molecule has 4 aromatic carbocycles. The number of carbonyl (C=O) groups excluding carboxylic acids is 2. The van der Waals surface area contributed by atoms with Crippen LogP contribution in [0.2, 0.25) is 0 Å². The van der Waals surface area contributed by atoms with E-state index >= 15 is 0 Å². The molecule has 2 amide bonds. The number of hydrogen-bond acceptors (Lipinski definition) is 8. The summed E-state index contributed by atoms with van der Waals surface area (Å²) in [6, 6.07) is 31.1. The zero-order valence-corrected chi connectivity index (χ0v) is 36.9. The SMILES string of the molecule is CCOC(=O)CCCNC(=O)N1CCc2cc(OCc3cc(-c4ccccc4)c(C(F)(F)F)s3)ccc21.Cl.FC(F)(F)c1sc(COc2ccc3c(c2)CCN3)cc1-c1ccccc1. The van der Waals surface area contributed by atoms with Gasteiger partial charge in [-0.25, -0.2) is 4.79 Å². The van der Waals surface area contributed by atoms with E-state index in [9.17, 15) is 35.9 Å². The Balaban J connectivity index is 0.000000221. The van der Waals surface area contributed by atoms with Gasteiger partial charge in [0.05, 0.1) is 6.61 Å². The number of alkyl halides is 6. The Kier molecular flexibility index (Phi) is 15.9. The number of amides is 2. The highest BCUT2D eigenvalue weighted by Gasteiger charge is 2.37. The summed E-state index contributed by atoms with van der Waals surface area (Å²) in [5, 5.41) is 6.08. The van der Waals surface area contributed by atoms with Crippen molar-refractivity contribution in [3.63, 3.8) is 0 Å². The van der Waals surface area contributed by atoms with E-state index in [4.69, 9.17) is 14.2 Å². The molecule has 0 fully saturated rings. The van der Waals surface area contributed by atoms with Crippen molar-refractivity contribution in [3.05, 3.63) is 140 Å². The zero-order chi connectivity index (χ0) is 44.6. The van der Waals surface area contributed by atoms with E-state index in [0.717, 1.165) is 41.2 Å². The Hall–Kier alpha value is -5.71. The Morgan fingerprint density at radius 2 is 1.27 bits per heavy atom. The number of ether oxygens (including phenoxy) is 3. The second-order valence-electron chi connectivity index (χ2n) is 14.5. The van der Waals surface area contributed by atoms with Crippen molar-refractivity contribution in [2.24, 2.45) is 0 Å².